The normalized spacial score (nSPS) is 15.7. The lowest BCUT2D eigenvalue weighted by molar-refractivity contribution is 0.102. The number of carbonyl (C=O) groups excluding carboxylic acids is 1. The van der Waals surface area contributed by atoms with Crippen LogP contribution < -0.4 is 10.1 Å². The molecule has 3 aromatic heterocycles. The van der Waals surface area contributed by atoms with E-state index in [1.165, 1.54) is 12.8 Å². The van der Waals surface area contributed by atoms with Crippen LogP contribution in [0.25, 0.3) is 22.6 Å². The average molecular weight is 438 g/mol. The van der Waals surface area contributed by atoms with Crippen LogP contribution in [0, 0.1) is 0 Å². The maximum atomic E-state index is 13.3. The summed E-state index contributed by atoms with van der Waals surface area (Å²) in [5.74, 6) is 1.97. The molecule has 1 saturated carbocycles. The standard InChI is InChI=1S/C25H22N6O2/c32-25-19-13-17(18-7-9-20(26-14-18)16-5-6-16)8-10-22(19)33-12-2-11-31-15-27-30-24(31)21-3-1-4-23(28-21)29-25/h1,3-4,7-10,13-16H,2,5-6,11-12H2,(H,28,29,32). The van der Waals surface area contributed by atoms with Crippen molar-refractivity contribution >= 4 is 11.7 Å². The van der Waals surface area contributed by atoms with E-state index in [0.29, 0.717) is 47.7 Å². The second kappa shape index (κ2) is 8.12. The number of fused-ring (bicyclic) bond motifs is 5. The average Bonchev–Trinajstić information content (AvgIpc) is 3.59. The molecule has 1 aliphatic carbocycles. The highest BCUT2D eigenvalue weighted by atomic mass is 16.5. The molecule has 8 nitrogen and oxygen atoms in total. The van der Waals surface area contributed by atoms with Crippen LogP contribution in [0.15, 0.2) is 61.1 Å². The Balaban J connectivity index is 1.36. The zero-order valence-electron chi connectivity index (χ0n) is 17.9. The third-order valence-electron chi connectivity index (χ3n) is 5.98. The Labute approximate surface area is 190 Å². The third-order valence-corrected chi connectivity index (χ3v) is 5.98. The first kappa shape index (κ1) is 19.6. The minimum absolute atomic E-state index is 0.278. The van der Waals surface area contributed by atoms with E-state index < -0.39 is 0 Å². The van der Waals surface area contributed by atoms with Gasteiger partial charge in [-0.3, -0.25) is 9.78 Å². The van der Waals surface area contributed by atoms with E-state index in [0.717, 1.165) is 23.2 Å². The van der Waals surface area contributed by atoms with E-state index in [-0.39, 0.29) is 5.91 Å². The molecule has 0 spiro atoms. The third kappa shape index (κ3) is 3.95. The molecule has 1 N–H and O–H groups in total. The molecule has 164 valence electrons. The van der Waals surface area contributed by atoms with Crippen LogP contribution in [-0.2, 0) is 6.54 Å². The quantitative estimate of drug-likeness (QED) is 0.501. The minimum Gasteiger partial charge on any atom is -0.493 e. The van der Waals surface area contributed by atoms with Crippen molar-refractivity contribution < 1.29 is 9.53 Å². The summed E-state index contributed by atoms with van der Waals surface area (Å²) >= 11 is 0. The van der Waals surface area contributed by atoms with E-state index in [2.05, 4.69) is 37.6 Å². The molecular weight excluding hydrogens is 416 g/mol. The number of ether oxygens (including phenoxy) is 1. The summed E-state index contributed by atoms with van der Waals surface area (Å²) in [4.78, 5) is 22.5. The highest BCUT2D eigenvalue weighted by molar-refractivity contribution is 6.06. The van der Waals surface area contributed by atoms with Crippen LogP contribution in [0.4, 0.5) is 5.82 Å². The monoisotopic (exact) mass is 438 g/mol. The molecule has 0 unspecified atom stereocenters. The maximum Gasteiger partial charge on any atom is 0.260 e. The highest BCUT2D eigenvalue weighted by Crippen LogP contribution is 2.39. The smallest absolute Gasteiger partial charge is 0.260 e. The van der Waals surface area contributed by atoms with E-state index in [1.807, 2.05) is 41.1 Å². The molecular formula is C25H22N6O2. The van der Waals surface area contributed by atoms with E-state index in [9.17, 15) is 4.79 Å². The molecule has 8 heteroatoms. The summed E-state index contributed by atoms with van der Waals surface area (Å²) in [6.45, 7) is 1.14. The predicted octanol–water partition coefficient (Wildman–Crippen LogP) is 4.31. The van der Waals surface area contributed by atoms with Crippen molar-refractivity contribution in [1.29, 1.82) is 0 Å². The van der Waals surface area contributed by atoms with Crippen molar-refractivity contribution in [3.05, 3.63) is 72.3 Å². The largest absolute Gasteiger partial charge is 0.493 e. The van der Waals surface area contributed by atoms with Gasteiger partial charge in [0.2, 0.25) is 0 Å². The van der Waals surface area contributed by atoms with Crippen molar-refractivity contribution in [2.24, 2.45) is 0 Å². The first-order chi connectivity index (χ1) is 16.2. The number of anilines is 1. The summed E-state index contributed by atoms with van der Waals surface area (Å²) < 4.78 is 7.96. The maximum absolute atomic E-state index is 13.3. The van der Waals surface area contributed by atoms with Crippen molar-refractivity contribution in [2.45, 2.75) is 31.7 Å². The first-order valence-electron chi connectivity index (χ1n) is 11.1. The summed E-state index contributed by atoms with van der Waals surface area (Å²) in [5.41, 5.74) is 4.14. The molecule has 1 aliphatic heterocycles. The number of benzene rings is 1. The molecule has 0 saturated heterocycles. The van der Waals surface area contributed by atoms with E-state index >= 15 is 0 Å². The van der Waals surface area contributed by atoms with Gasteiger partial charge in [0.15, 0.2) is 5.82 Å². The van der Waals surface area contributed by atoms with Crippen LogP contribution >= 0.6 is 0 Å². The van der Waals surface area contributed by atoms with Crippen molar-refractivity contribution in [1.82, 2.24) is 24.7 Å². The number of amides is 1. The second-order valence-corrected chi connectivity index (χ2v) is 8.37. The van der Waals surface area contributed by atoms with Gasteiger partial charge < -0.3 is 14.6 Å². The van der Waals surface area contributed by atoms with Gasteiger partial charge in [0.1, 0.15) is 23.6 Å². The van der Waals surface area contributed by atoms with Gasteiger partial charge in [-0.2, -0.15) is 0 Å². The number of aromatic nitrogens is 5. The van der Waals surface area contributed by atoms with Crippen molar-refractivity contribution in [3.8, 4) is 28.4 Å². The molecule has 1 fully saturated rings. The van der Waals surface area contributed by atoms with Gasteiger partial charge in [-0.25, -0.2) is 4.98 Å². The number of pyridine rings is 2. The molecule has 2 aliphatic rings. The van der Waals surface area contributed by atoms with Crippen LogP contribution in [-0.4, -0.2) is 37.2 Å². The van der Waals surface area contributed by atoms with Crippen molar-refractivity contribution in [3.63, 3.8) is 0 Å². The number of nitrogens with one attached hydrogen (secondary N) is 1. The number of aryl methyl sites for hydroxylation is 1. The second-order valence-electron chi connectivity index (χ2n) is 8.37. The van der Waals surface area contributed by atoms with Crippen LogP contribution in [0.5, 0.6) is 5.75 Å². The molecule has 0 radical (unpaired) electrons. The van der Waals surface area contributed by atoms with Gasteiger partial charge in [0, 0.05) is 29.9 Å². The Bertz CT molecular complexity index is 1330. The van der Waals surface area contributed by atoms with Crippen LogP contribution in [0.3, 0.4) is 0 Å². The molecule has 4 aromatic rings. The Morgan fingerprint density at radius 3 is 2.82 bits per heavy atom. The lowest BCUT2D eigenvalue weighted by atomic mass is 10.0. The molecule has 0 atom stereocenters. The number of hydrogen-bond donors (Lipinski definition) is 1. The zero-order chi connectivity index (χ0) is 22.2. The molecule has 33 heavy (non-hydrogen) atoms. The molecule has 1 aromatic carbocycles. The predicted molar refractivity (Wildman–Crippen MR) is 123 cm³/mol. The van der Waals surface area contributed by atoms with Crippen LogP contribution in [0.2, 0.25) is 0 Å². The molecule has 4 heterocycles. The van der Waals surface area contributed by atoms with Gasteiger partial charge in [0.25, 0.3) is 5.91 Å². The van der Waals surface area contributed by atoms with Gasteiger partial charge >= 0.3 is 0 Å². The van der Waals surface area contributed by atoms with Gasteiger partial charge in [-0.15, -0.1) is 10.2 Å². The minimum atomic E-state index is -0.278. The van der Waals surface area contributed by atoms with Gasteiger partial charge in [-0.05, 0) is 55.2 Å². The summed E-state index contributed by atoms with van der Waals surface area (Å²) in [6, 6.07) is 15.3. The van der Waals surface area contributed by atoms with Crippen LogP contribution in [0.1, 0.15) is 41.2 Å². The Morgan fingerprint density at radius 2 is 1.97 bits per heavy atom. The zero-order valence-corrected chi connectivity index (χ0v) is 17.9. The summed E-state index contributed by atoms with van der Waals surface area (Å²) in [6.07, 6.45) is 6.74. The molecule has 2 bridgehead atoms. The lowest BCUT2D eigenvalue weighted by Gasteiger charge is -2.13. The fourth-order valence-corrected chi connectivity index (χ4v) is 4.06. The van der Waals surface area contributed by atoms with E-state index in [1.54, 1.807) is 12.4 Å². The fraction of sp³-hybridized carbons (Fsp3) is 0.240. The summed E-state index contributed by atoms with van der Waals surface area (Å²) in [7, 11) is 0. The number of nitrogens with zero attached hydrogens (tertiary/aromatic N) is 5. The Hall–Kier alpha value is -4.07. The van der Waals surface area contributed by atoms with Crippen molar-refractivity contribution in [2.75, 3.05) is 11.9 Å². The highest BCUT2D eigenvalue weighted by Gasteiger charge is 2.24. The van der Waals surface area contributed by atoms with Gasteiger partial charge in [0.05, 0.1) is 12.2 Å². The SMILES string of the molecule is O=C1Nc2cccc(n2)-c2nncn2CCCOc2ccc(-c3ccc(C4CC4)nc3)cc21. The fourth-order valence-electron chi connectivity index (χ4n) is 4.06. The molecule has 6 rings (SSSR count). The Morgan fingerprint density at radius 1 is 1.06 bits per heavy atom. The first-order valence-corrected chi connectivity index (χ1v) is 11.1. The number of carbonyl (C=O) groups is 1. The van der Waals surface area contributed by atoms with E-state index in [4.69, 9.17) is 4.74 Å². The molecule has 1 amide bonds. The van der Waals surface area contributed by atoms with Gasteiger partial charge in [-0.1, -0.05) is 18.2 Å². The lowest BCUT2D eigenvalue weighted by Crippen LogP contribution is -2.15. The Kier molecular flexibility index (Phi) is 4.83. The topological polar surface area (TPSA) is 94.8 Å². The number of hydrogen-bond acceptors (Lipinski definition) is 6. The number of rotatable bonds is 2. The summed E-state index contributed by atoms with van der Waals surface area (Å²) in [5, 5.41) is 11.1.